The van der Waals surface area contributed by atoms with Crippen molar-refractivity contribution in [3.8, 4) is 0 Å². The average molecular weight is 253 g/mol. The molecular formula is C12H15NO3S. The third kappa shape index (κ3) is 2.20. The summed E-state index contributed by atoms with van der Waals surface area (Å²) in [6, 6.07) is 0. The van der Waals surface area contributed by atoms with Gasteiger partial charge >= 0.3 is 5.97 Å². The number of rotatable bonds is 2. The zero-order valence-electron chi connectivity index (χ0n) is 9.84. The van der Waals surface area contributed by atoms with Gasteiger partial charge in [0.25, 0.3) is 5.91 Å². The Hall–Kier alpha value is -1.36. The zero-order valence-corrected chi connectivity index (χ0v) is 10.7. The molecule has 1 N–H and O–H groups in total. The van der Waals surface area contributed by atoms with Crippen molar-refractivity contribution in [2.75, 3.05) is 13.1 Å². The van der Waals surface area contributed by atoms with Gasteiger partial charge in [-0.05, 0) is 23.8 Å². The molecule has 0 aromatic carbocycles. The van der Waals surface area contributed by atoms with Gasteiger partial charge in [0.1, 0.15) is 0 Å². The molecule has 2 heterocycles. The normalized spacial score (nSPS) is 24.0. The van der Waals surface area contributed by atoms with Crippen LogP contribution in [0.5, 0.6) is 0 Å². The second-order valence-electron chi connectivity index (χ2n) is 4.60. The monoisotopic (exact) mass is 253 g/mol. The van der Waals surface area contributed by atoms with Gasteiger partial charge in [0.15, 0.2) is 0 Å². The first-order valence-corrected chi connectivity index (χ1v) is 6.50. The molecule has 5 heteroatoms. The Kier molecular flexibility index (Phi) is 3.19. The van der Waals surface area contributed by atoms with E-state index in [1.165, 1.54) is 11.3 Å². The predicted octanol–water partition coefficient (Wildman–Crippen LogP) is 1.85. The molecule has 0 aliphatic carbocycles. The lowest BCUT2D eigenvalue weighted by Crippen LogP contribution is -2.30. The van der Waals surface area contributed by atoms with E-state index in [0.29, 0.717) is 18.7 Å². The van der Waals surface area contributed by atoms with Crippen molar-refractivity contribution >= 4 is 23.2 Å². The summed E-state index contributed by atoms with van der Waals surface area (Å²) in [6.45, 7) is 4.64. The lowest BCUT2D eigenvalue weighted by molar-refractivity contribution is -0.142. The Morgan fingerprint density at radius 3 is 2.59 bits per heavy atom. The van der Waals surface area contributed by atoms with E-state index in [1.807, 2.05) is 24.6 Å². The highest BCUT2D eigenvalue weighted by Gasteiger charge is 2.37. The average Bonchev–Trinajstić information content (AvgIpc) is 2.83. The number of carboxylic acid groups (broad SMARTS) is 1. The minimum absolute atomic E-state index is 0.0235. The molecule has 1 aromatic rings. The van der Waals surface area contributed by atoms with Crippen molar-refractivity contribution in [1.29, 1.82) is 0 Å². The van der Waals surface area contributed by atoms with Crippen LogP contribution in [0, 0.1) is 18.8 Å². The van der Waals surface area contributed by atoms with Crippen molar-refractivity contribution < 1.29 is 14.7 Å². The van der Waals surface area contributed by atoms with Crippen LogP contribution in [0.15, 0.2) is 10.8 Å². The van der Waals surface area contributed by atoms with Crippen molar-refractivity contribution in [2.45, 2.75) is 13.8 Å². The summed E-state index contributed by atoms with van der Waals surface area (Å²) in [7, 11) is 0. The smallest absolute Gasteiger partial charge is 0.308 e. The molecule has 1 aliphatic rings. The lowest BCUT2D eigenvalue weighted by Gasteiger charge is -2.15. The van der Waals surface area contributed by atoms with Gasteiger partial charge in [0.05, 0.1) is 11.5 Å². The fraction of sp³-hybridized carbons (Fsp3) is 0.500. The number of hydrogen-bond acceptors (Lipinski definition) is 3. The van der Waals surface area contributed by atoms with Crippen molar-refractivity contribution in [1.82, 2.24) is 4.90 Å². The van der Waals surface area contributed by atoms with Gasteiger partial charge in [-0.25, -0.2) is 0 Å². The van der Waals surface area contributed by atoms with Crippen LogP contribution < -0.4 is 0 Å². The first kappa shape index (κ1) is 12.1. The van der Waals surface area contributed by atoms with Crippen LogP contribution in [0.4, 0.5) is 0 Å². The van der Waals surface area contributed by atoms with Gasteiger partial charge in [0.2, 0.25) is 0 Å². The number of carbonyl (C=O) groups excluding carboxylic acids is 1. The maximum absolute atomic E-state index is 12.2. The van der Waals surface area contributed by atoms with Gasteiger partial charge < -0.3 is 10.0 Å². The Labute approximate surface area is 104 Å². The van der Waals surface area contributed by atoms with E-state index in [9.17, 15) is 9.59 Å². The maximum Gasteiger partial charge on any atom is 0.308 e. The summed E-state index contributed by atoms with van der Waals surface area (Å²) in [5.74, 6) is -1.26. The number of thiophene rings is 1. The Morgan fingerprint density at radius 1 is 1.41 bits per heavy atom. The second kappa shape index (κ2) is 4.49. The number of hydrogen-bond donors (Lipinski definition) is 1. The van der Waals surface area contributed by atoms with Crippen LogP contribution >= 0.6 is 11.3 Å². The van der Waals surface area contributed by atoms with Gasteiger partial charge in [0, 0.05) is 18.5 Å². The lowest BCUT2D eigenvalue weighted by atomic mass is 9.99. The van der Waals surface area contributed by atoms with Crippen LogP contribution in [-0.4, -0.2) is 35.0 Å². The molecule has 0 radical (unpaired) electrons. The van der Waals surface area contributed by atoms with E-state index in [1.54, 1.807) is 4.90 Å². The number of likely N-dealkylation sites (tertiary alicyclic amines) is 1. The zero-order chi connectivity index (χ0) is 12.6. The molecule has 0 spiro atoms. The van der Waals surface area contributed by atoms with Crippen LogP contribution in [0.25, 0.3) is 0 Å². The highest BCUT2D eigenvalue weighted by atomic mass is 32.1. The topological polar surface area (TPSA) is 57.6 Å². The number of nitrogens with zero attached hydrogens (tertiary/aromatic N) is 1. The number of carbonyl (C=O) groups is 2. The van der Waals surface area contributed by atoms with Crippen molar-refractivity contribution in [3.05, 3.63) is 21.9 Å². The van der Waals surface area contributed by atoms with Gasteiger partial charge in [-0.2, -0.15) is 11.3 Å². The number of amides is 1. The summed E-state index contributed by atoms with van der Waals surface area (Å²) in [5, 5.41) is 12.8. The molecule has 92 valence electrons. The standard InChI is InChI=1S/C12H15NO3S/c1-7-3-13(4-9(7)12(15)16)11(14)10-6-17-5-8(10)2/h5-7,9H,3-4H2,1-2H3,(H,15,16)/t7-,9-/m1/s1. The van der Waals surface area contributed by atoms with E-state index in [0.717, 1.165) is 5.56 Å². The number of aliphatic carboxylic acids is 1. The highest BCUT2D eigenvalue weighted by molar-refractivity contribution is 7.08. The van der Waals surface area contributed by atoms with E-state index in [-0.39, 0.29) is 11.8 Å². The minimum Gasteiger partial charge on any atom is -0.481 e. The minimum atomic E-state index is -0.810. The maximum atomic E-state index is 12.2. The predicted molar refractivity (Wildman–Crippen MR) is 65.2 cm³/mol. The van der Waals surface area contributed by atoms with Crippen LogP contribution in [0.2, 0.25) is 0 Å². The molecule has 1 fully saturated rings. The summed E-state index contributed by atoms with van der Waals surface area (Å²) < 4.78 is 0. The SMILES string of the molecule is Cc1cscc1C(=O)N1C[C@@H](C)[C@H](C(=O)O)C1. The van der Waals surface area contributed by atoms with Gasteiger partial charge in [-0.3, -0.25) is 9.59 Å². The van der Waals surface area contributed by atoms with E-state index in [2.05, 4.69) is 0 Å². The van der Waals surface area contributed by atoms with E-state index < -0.39 is 11.9 Å². The Morgan fingerprint density at radius 2 is 2.12 bits per heavy atom. The quantitative estimate of drug-likeness (QED) is 0.875. The summed E-state index contributed by atoms with van der Waals surface area (Å²) in [4.78, 5) is 24.8. The largest absolute Gasteiger partial charge is 0.481 e. The third-order valence-electron chi connectivity index (χ3n) is 3.30. The molecule has 0 bridgehead atoms. The number of aryl methyl sites for hydroxylation is 1. The molecular weight excluding hydrogens is 238 g/mol. The first-order chi connectivity index (χ1) is 8.00. The summed E-state index contributed by atoms with van der Waals surface area (Å²) >= 11 is 1.50. The number of carboxylic acids is 1. The van der Waals surface area contributed by atoms with Crippen LogP contribution in [0.3, 0.4) is 0 Å². The van der Waals surface area contributed by atoms with Crippen molar-refractivity contribution in [3.63, 3.8) is 0 Å². The van der Waals surface area contributed by atoms with Gasteiger partial charge in [-0.15, -0.1) is 0 Å². The molecule has 1 aliphatic heterocycles. The molecule has 2 rings (SSSR count). The molecule has 4 nitrogen and oxygen atoms in total. The third-order valence-corrected chi connectivity index (χ3v) is 4.16. The highest BCUT2D eigenvalue weighted by Crippen LogP contribution is 2.26. The first-order valence-electron chi connectivity index (χ1n) is 5.55. The Bertz CT molecular complexity index is 454. The summed E-state index contributed by atoms with van der Waals surface area (Å²) in [6.07, 6.45) is 0. The Balaban J connectivity index is 2.13. The van der Waals surface area contributed by atoms with E-state index in [4.69, 9.17) is 5.11 Å². The molecule has 0 unspecified atom stereocenters. The molecule has 1 amide bonds. The molecule has 1 aromatic heterocycles. The molecule has 2 atom stereocenters. The summed E-state index contributed by atoms with van der Waals surface area (Å²) in [5.41, 5.74) is 1.67. The van der Waals surface area contributed by atoms with E-state index >= 15 is 0 Å². The fourth-order valence-corrected chi connectivity index (χ4v) is 3.03. The second-order valence-corrected chi connectivity index (χ2v) is 5.34. The van der Waals surface area contributed by atoms with Gasteiger partial charge in [-0.1, -0.05) is 6.92 Å². The fourth-order valence-electron chi connectivity index (χ4n) is 2.20. The molecule has 0 saturated carbocycles. The van der Waals surface area contributed by atoms with Crippen LogP contribution in [-0.2, 0) is 4.79 Å². The van der Waals surface area contributed by atoms with Crippen molar-refractivity contribution in [2.24, 2.45) is 11.8 Å². The molecule has 17 heavy (non-hydrogen) atoms. The molecule has 1 saturated heterocycles. The van der Waals surface area contributed by atoms with Crippen LogP contribution in [0.1, 0.15) is 22.8 Å².